The number of sulfonamides is 1. The van der Waals surface area contributed by atoms with E-state index in [2.05, 4.69) is 5.32 Å². The first-order valence-corrected chi connectivity index (χ1v) is 11.6. The lowest BCUT2D eigenvalue weighted by atomic mass is 9.73. The molecule has 0 radical (unpaired) electrons. The minimum Gasteiger partial charge on any atom is -0.370 e. The van der Waals surface area contributed by atoms with E-state index < -0.39 is 10.0 Å². The molecule has 1 N–H and O–H groups in total. The molecule has 25 heavy (non-hydrogen) atoms. The van der Waals surface area contributed by atoms with Gasteiger partial charge in [0.15, 0.2) is 0 Å². The van der Waals surface area contributed by atoms with Gasteiger partial charge < -0.3 is 10.1 Å². The molecule has 1 spiro atoms. The molecule has 3 aliphatic heterocycles. The van der Waals surface area contributed by atoms with Crippen molar-refractivity contribution in [3.8, 4) is 0 Å². The van der Waals surface area contributed by atoms with Crippen LogP contribution in [0.2, 0.25) is 0 Å². The van der Waals surface area contributed by atoms with Crippen molar-refractivity contribution >= 4 is 15.9 Å². The second-order valence-electron chi connectivity index (χ2n) is 8.58. The second-order valence-corrected chi connectivity index (χ2v) is 10.6. The Morgan fingerprint density at radius 2 is 2.04 bits per heavy atom. The molecule has 0 unspecified atom stereocenters. The van der Waals surface area contributed by atoms with E-state index in [-0.39, 0.29) is 29.4 Å². The number of hydrogen-bond acceptors (Lipinski definition) is 4. The summed E-state index contributed by atoms with van der Waals surface area (Å²) in [5.41, 5.74) is -0.299. The van der Waals surface area contributed by atoms with Gasteiger partial charge in [-0.1, -0.05) is 25.7 Å². The standard InChI is InChI=1S/C18H30N2O4S/c1-25(22,23)20-11-15-14(16-8-9-18(15,12-20)24-16)10-19-17(21)7-6-13-4-2-3-5-13/h13-16H,2-12H2,1H3,(H,19,21)/t14-,15+,16+,18+/m0/s1. The molecule has 1 amide bonds. The maximum Gasteiger partial charge on any atom is 0.220 e. The minimum absolute atomic E-state index is 0.140. The summed E-state index contributed by atoms with van der Waals surface area (Å²) in [7, 11) is -3.18. The number of rotatable bonds is 6. The maximum absolute atomic E-state index is 12.2. The van der Waals surface area contributed by atoms with Crippen LogP contribution in [0.25, 0.3) is 0 Å². The highest BCUT2D eigenvalue weighted by Gasteiger charge is 2.63. The number of nitrogens with zero attached hydrogens (tertiary/aromatic N) is 1. The maximum atomic E-state index is 12.2. The Kier molecular flexibility index (Phi) is 4.61. The molecular formula is C18H30N2O4S. The van der Waals surface area contributed by atoms with Crippen LogP contribution in [0.1, 0.15) is 51.4 Å². The van der Waals surface area contributed by atoms with Crippen LogP contribution < -0.4 is 5.32 Å². The van der Waals surface area contributed by atoms with E-state index in [1.807, 2.05) is 0 Å². The van der Waals surface area contributed by atoms with Crippen LogP contribution in [0.4, 0.5) is 0 Å². The molecular weight excluding hydrogens is 340 g/mol. The summed E-state index contributed by atoms with van der Waals surface area (Å²) >= 11 is 0. The first kappa shape index (κ1) is 17.7. The molecule has 0 aromatic carbocycles. The topological polar surface area (TPSA) is 75.7 Å². The predicted octanol–water partition coefficient (Wildman–Crippen LogP) is 1.51. The first-order chi connectivity index (χ1) is 11.9. The molecule has 4 fully saturated rings. The normalized spacial score (nSPS) is 38.4. The Hall–Kier alpha value is -0.660. The summed E-state index contributed by atoms with van der Waals surface area (Å²) in [5, 5.41) is 3.11. The number of ether oxygens (including phenoxy) is 1. The van der Waals surface area contributed by atoms with Gasteiger partial charge in [0, 0.05) is 37.9 Å². The van der Waals surface area contributed by atoms with E-state index in [1.165, 1.54) is 31.9 Å². The van der Waals surface area contributed by atoms with Gasteiger partial charge in [-0.15, -0.1) is 0 Å². The SMILES string of the molecule is CS(=O)(=O)N1C[C@@H]2[C@H](CNC(=O)CCC3CCCC3)[C@H]3CC[C@]2(C1)O3. The molecule has 7 heteroatoms. The van der Waals surface area contributed by atoms with Gasteiger partial charge in [-0.3, -0.25) is 4.79 Å². The molecule has 2 bridgehead atoms. The number of carbonyl (C=O) groups excluding carboxylic acids is 1. The van der Waals surface area contributed by atoms with E-state index in [9.17, 15) is 13.2 Å². The number of amides is 1. The molecule has 142 valence electrons. The Labute approximate surface area is 150 Å². The molecule has 4 atom stereocenters. The minimum atomic E-state index is -3.18. The Morgan fingerprint density at radius 3 is 2.76 bits per heavy atom. The van der Waals surface area contributed by atoms with Crippen molar-refractivity contribution < 1.29 is 17.9 Å². The van der Waals surface area contributed by atoms with Crippen LogP contribution in [0.3, 0.4) is 0 Å². The lowest BCUT2D eigenvalue weighted by molar-refractivity contribution is -0.121. The van der Waals surface area contributed by atoms with Crippen molar-refractivity contribution in [2.24, 2.45) is 17.8 Å². The average Bonchev–Trinajstić information content (AvgIpc) is 3.29. The van der Waals surface area contributed by atoms with Crippen LogP contribution >= 0.6 is 0 Å². The van der Waals surface area contributed by atoms with Crippen LogP contribution in [0.5, 0.6) is 0 Å². The number of nitrogens with one attached hydrogen (secondary N) is 1. The largest absolute Gasteiger partial charge is 0.370 e. The molecule has 6 nitrogen and oxygen atoms in total. The summed E-state index contributed by atoms with van der Waals surface area (Å²) in [6.07, 6.45) is 10.2. The Balaban J connectivity index is 1.31. The molecule has 0 aromatic heterocycles. The van der Waals surface area contributed by atoms with E-state index >= 15 is 0 Å². The monoisotopic (exact) mass is 370 g/mol. The average molecular weight is 371 g/mol. The summed E-state index contributed by atoms with van der Waals surface area (Å²) < 4.78 is 31.6. The van der Waals surface area contributed by atoms with E-state index in [1.54, 1.807) is 4.31 Å². The molecule has 3 saturated heterocycles. The van der Waals surface area contributed by atoms with Gasteiger partial charge in [0.2, 0.25) is 15.9 Å². The van der Waals surface area contributed by atoms with Crippen molar-refractivity contribution in [1.82, 2.24) is 9.62 Å². The molecule has 4 aliphatic rings. The van der Waals surface area contributed by atoms with Crippen molar-refractivity contribution in [1.29, 1.82) is 0 Å². The van der Waals surface area contributed by atoms with Crippen molar-refractivity contribution in [2.45, 2.75) is 63.1 Å². The Morgan fingerprint density at radius 1 is 1.28 bits per heavy atom. The highest BCUT2D eigenvalue weighted by Crippen LogP contribution is 2.55. The summed E-state index contributed by atoms with van der Waals surface area (Å²) in [6.45, 7) is 1.65. The zero-order valence-corrected chi connectivity index (χ0v) is 15.9. The summed E-state index contributed by atoms with van der Waals surface area (Å²) in [4.78, 5) is 12.2. The fraction of sp³-hybridized carbons (Fsp3) is 0.944. The third-order valence-corrected chi connectivity index (χ3v) is 8.23. The molecule has 4 rings (SSSR count). The quantitative estimate of drug-likeness (QED) is 0.769. The fourth-order valence-corrected chi connectivity index (χ4v) is 6.51. The lowest BCUT2D eigenvalue weighted by Crippen LogP contribution is -2.41. The van der Waals surface area contributed by atoms with Gasteiger partial charge >= 0.3 is 0 Å². The van der Waals surface area contributed by atoms with Crippen LogP contribution in [0, 0.1) is 17.8 Å². The first-order valence-electron chi connectivity index (χ1n) is 9.77. The van der Waals surface area contributed by atoms with Crippen LogP contribution in [0.15, 0.2) is 0 Å². The van der Waals surface area contributed by atoms with Gasteiger partial charge in [-0.05, 0) is 25.2 Å². The van der Waals surface area contributed by atoms with Crippen LogP contribution in [-0.2, 0) is 19.6 Å². The number of fused-ring (bicyclic) bond motifs is 1. The summed E-state index contributed by atoms with van der Waals surface area (Å²) in [5.74, 6) is 1.34. The van der Waals surface area contributed by atoms with Crippen molar-refractivity contribution in [3.63, 3.8) is 0 Å². The highest BCUT2D eigenvalue weighted by molar-refractivity contribution is 7.88. The van der Waals surface area contributed by atoms with Gasteiger partial charge in [0.05, 0.1) is 18.0 Å². The van der Waals surface area contributed by atoms with E-state index in [0.29, 0.717) is 26.1 Å². The molecule has 3 heterocycles. The van der Waals surface area contributed by atoms with Gasteiger partial charge in [0.1, 0.15) is 0 Å². The van der Waals surface area contributed by atoms with Gasteiger partial charge in [-0.2, -0.15) is 4.31 Å². The van der Waals surface area contributed by atoms with Gasteiger partial charge in [0.25, 0.3) is 0 Å². The lowest BCUT2D eigenvalue weighted by Gasteiger charge is -2.29. The zero-order chi connectivity index (χ0) is 17.7. The van der Waals surface area contributed by atoms with Gasteiger partial charge in [-0.25, -0.2) is 8.42 Å². The molecule has 0 aromatic rings. The van der Waals surface area contributed by atoms with Crippen molar-refractivity contribution in [2.75, 3.05) is 25.9 Å². The molecule has 1 saturated carbocycles. The third-order valence-electron chi connectivity index (χ3n) is 7.01. The van der Waals surface area contributed by atoms with E-state index in [0.717, 1.165) is 25.2 Å². The van der Waals surface area contributed by atoms with Crippen molar-refractivity contribution in [3.05, 3.63) is 0 Å². The van der Waals surface area contributed by atoms with E-state index in [4.69, 9.17) is 4.74 Å². The second kappa shape index (κ2) is 6.50. The number of hydrogen-bond donors (Lipinski definition) is 1. The predicted molar refractivity (Wildman–Crippen MR) is 94.4 cm³/mol. The zero-order valence-electron chi connectivity index (χ0n) is 15.1. The highest BCUT2D eigenvalue weighted by atomic mass is 32.2. The Bertz CT molecular complexity index is 631. The van der Waals surface area contributed by atoms with Crippen LogP contribution in [-0.4, -0.2) is 56.2 Å². The third kappa shape index (κ3) is 3.35. The summed E-state index contributed by atoms with van der Waals surface area (Å²) in [6, 6.07) is 0. The fourth-order valence-electron chi connectivity index (χ4n) is 5.63. The molecule has 1 aliphatic carbocycles. The number of carbonyl (C=O) groups is 1. The smallest absolute Gasteiger partial charge is 0.220 e.